The first kappa shape index (κ1) is 36.2. The van der Waals surface area contributed by atoms with Gasteiger partial charge in [0.15, 0.2) is 0 Å². The van der Waals surface area contributed by atoms with Gasteiger partial charge in [0.2, 0.25) is 0 Å². The maximum absolute atomic E-state index is 10.8. The third kappa shape index (κ3) is 5.60. The number of fused-ring (bicyclic) bond motifs is 7. The number of para-hydroxylation sites is 3. The van der Waals surface area contributed by atoms with Crippen LogP contribution in [0, 0.1) is 34.0 Å². The van der Waals surface area contributed by atoms with E-state index >= 15 is 0 Å². The Morgan fingerprint density at radius 2 is 0.806 bits per heavy atom. The van der Waals surface area contributed by atoms with Gasteiger partial charge in [-0.25, -0.2) is 0 Å². The largest absolute Gasteiger partial charge is 0.309 e. The monoisotopic (exact) mass is 787 g/mol. The maximum Gasteiger partial charge on any atom is 0.100 e. The highest BCUT2D eigenvalue weighted by atomic mass is 15.0. The van der Waals surface area contributed by atoms with Crippen LogP contribution in [0.25, 0.3) is 99.5 Å². The Labute approximate surface area is 358 Å². The second-order valence-corrected chi connectivity index (χ2v) is 15.4. The zero-order chi connectivity index (χ0) is 41.7. The van der Waals surface area contributed by atoms with Crippen molar-refractivity contribution in [1.82, 2.24) is 9.13 Å². The van der Waals surface area contributed by atoms with Crippen LogP contribution < -0.4 is 0 Å². The van der Waals surface area contributed by atoms with E-state index in [9.17, 15) is 15.8 Å². The van der Waals surface area contributed by atoms with Gasteiger partial charge in [-0.1, -0.05) is 140 Å². The molecule has 0 amide bonds. The Bertz CT molecular complexity index is 3690. The minimum Gasteiger partial charge on any atom is -0.309 e. The zero-order valence-corrected chi connectivity index (χ0v) is 33.3. The average molecular weight is 788 g/mol. The summed E-state index contributed by atoms with van der Waals surface area (Å²) in [7, 11) is 0. The molecule has 2 heterocycles. The first-order valence-electron chi connectivity index (χ1n) is 20.4. The molecule has 0 atom stereocenters. The molecule has 0 bridgehead atoms. The Balaban J connectivity index is 1.14. The number of nitriles is 3. The summed E-state index contributed by atoms with van der Waals surface area (Å²) in [5.41, 5.74) is 13.9. The molecule has 2 aromatic heterocycles. The SMILES string of the molecule is N#Cc1cc(-c2cc(-c3ccccc3)c(C#N)c(-c3ccccc3)c2C#N)ccc1-c1ccc2c3c4c5ccccc5n(-c5ccccc5)c4ccc3n(-c3ccccc3)c2c1. The van der Waals surface area contributed by atoms with Crippen molar-refractivity contribution in [2.24, 2.45) is 0 Å². The van der Waals surface area contributed by atoms with E-state index in [1.165, 1.54) is 16.2 Å². The highest BCUT2D eigenvalue weighted by Gasteiger charge is 2.24. The lowest BCUT2D eigenvalue weighted by molar-refractivity contribution is 1.17. The Morgan fingerprint density at radius 3 is 1.40 bits per heavy atom. The average Bonchev–Trinajstić information content (AvgIpc) is 3.86. The standard InChI is InChI=1S/C57H33N5/c58-34-41-31-39(48-33-47(37-15-5-1-6-16-37)49(35-59)55(50(48)36-60)38-17-7-2-8-18-38)25-27-44(41)40-26-28-46-54(32-40)62(43-21-11-4-12-22-43)53-30-29-52-56(57(46)53)45-23-13-14-24-51(45)61(52)42-19-9-3-10-20-42/h1-33H. The van der Waals surface area contributed by atoms with Crippen molar-refractivity contribution in [1.29, 1.82) is 15.8 Å². The fraction of sp³-hybridized carbons (Fsp3) is 0. The molecule has 5 nitrogen and oxygen atoms in total. The summed E-state index contributed by atoms with van der Waals surface area (Å²) in [6.07, 6.45) is 0. The van der Waals surface area contributed by atoms with Crippen LogP contribution in [0.15, 0.2) is 200 Å². The molecular weight excluding hydrogens is 755 g/mol. The minimum atomic E-state index is 0.387. The molecule has 0 radical (unpaired) electrons. The lowest BCUT2D eigenvalue weighted by Gasteiger charge is -2.17. The summed E-state index contributed by atoms with van der Waals surface area (Å²) in [4.78, 5) is 0. The third-order valence-electron chi connectivity index (χ3n) is 12.1. The molecule has 0 aliphatic carbocycles. The number of hydrogen-bond acceptors (Lipinski definition) is 3. The highest BCUT2D eigenvalue weighted by molar-refractivity contribution is 6.29. The number of hydrogen-bond donors (Lipinski definition) is 0. The van der Waals surface area contributed by atoms with E-state index in [4.69, 9.17) is 0 Å². The van der Waals surface area contributed by atoms with E-state index in [1.807, 2.05) is 97.1 Å². The van der Waals surface area contributed by atoms with Crippen molar-refractivity contribution in [2.45, 2.75) is 0 Å². The summed E-state index contributed by atoms with van der Waals surface area (Å²) in [6.45, 7) is 0. The quantitative estimate of drug-likeness (QED) is 0.168. The van der Waals surface area contributed by atoms with Gasteiger partial charge in [-0.3, -0.25) is 0 Å². The third-order valence-corrected chi connectivity index (χ3v) is 12.1. The summed E-state index contributed by atoms with van der Waals surface area (Å²) >= 11 is 0. The highest BCUT2D eigenvalue weighted by Crippen LogP contribution is 2.45. The first-order chi connectivity index (χ1) is 30.7. The lowest BCUT2D eigenvalue weighted by Crippen LogP contribution is -1.98. The molecule has 11 rings (SSSR count). The van der Waals surface area contributed by atoms with E-state index in [0.717, 1.165) is 72.2 Å². The van der Waals surface area contributed by atoms with Gasteiger partial charge in [0.25, 0.3) is 0 Å². The molecule has 0 fully saturated rings. The summed E-state index contributed by atoms with van der Waals surface area (Å²) < 4.78 is 4.68. The lowest BCUT2D eigenvalue weighted by atomic mass is 9.83. The molecule has 9 aromatic carbocycles. The minimum absolute atomic E-state index is 0.387. The molecule has 0 saturated carbocycles. The van der Waals surface area contributed by atoms with Gasteiger partial charge in [-0.2, -0.15) is 15.8 Å². The molecule has 11 aromatic rings. The van der Waals surface area contributed by atoms with Crippen molar-refractivity contribution < 1.29 is 0 Å². The molecule has 0 spiro atoms. The van der Waals surface area contributed by atoms with E-state index in [2.05, 4.69) is 130 Å². The van der Waals surface area contributed by atoms with Gasteiger partial charge in [0, 0.05) is 49.6 Å². The van der Waals surface area contributed by atoms with Gasteiger partial charge in [-0.05, 0) is 88.5 Å². The molecule has 0 aliphatic heterocycles. The molecule has 5 heteroatoms. The predicted octanol–water partition coefficient (Wildman–Crippen LogP) is 14.2. The molecule has 0 aliphatic rings. The number of rotatable bonds is 6. The van der Waals surface area contributed by atoms with Crippen LogP contribution in [0.4, 0.5) is 0 Å². The Morgan fingerprint density at radius 1 is 0.323 bits per heavy atom. The molecule has 0 saturated heterocycles. The van der Waals surface area contributed by atoms with Crippen LogP contribution in [0.5, 0.6) is 0 Å². The number of aromatic nitrogens is 2. The maximum atomic E-state index is 10.8. The Kier molecular flexibility index (Phi) is 8.57. The molecular formula is C57H33N5. The van der Waals surface area contributed by atoms with Crippen molar-refractivity contribution in [2.75, 3.05) is 0 Å². The van der Waals surface area contributed by atoms with Crippen LogP contribution in [-0.4, -0.2) is 9.13 Å². The van der Waals surface area contributed by atoms with E-state index in [0.29, 0.717) is 27.8 Å². The fourth-order valence-corrected chi connectivity index (χ4v) is 9.38. The fourth-order valence-electron chi connectivity index (χ4n) is 9.38. The first-order valence-corrected chi connectivity index (χ1v) is 20.4. The van der Waals surface area contributed by atoms with Crippen molar-refractivity contribution in [3.05, 3.63) is 217 Å². The van der Waals surface area contributed by atoms with Crippen LogP contribution in [0.1, 0.15) is 16.7 Å². The van der Waals surface area contributed by atoms with Gasteiger partial charge in [0.1, 0.15) is 12.1 Å². The van der Waals surface area contributed by atoms with E-state index in [-0.39, 0.29) is 0 Å². The van der Waals surface area contributed by atoms with E-state index < -0.39 is 0 Å². The van der Waals surface area contributed by atoms with Crippen LogP contribution in [0.3, 0.4) is 0 Å². The predicted molar refractivity (Wildman–Crippen MR) is 251 cm³/mol. The summed E-state index contributed by atoms with van der Waals surface area (Å²) in [5.74, 6) is 0. The summed E-state index contributed by atoms with van der Waals surface area (Å²) in [5, 5.41) is 36.9. The zero-order valence-electron chi connectivity index (χ0n) is 33.3. The van der Waals surface area contributed by atoms with Gasteiger partial charge >= 0.3 is 0 Å². The van der Waals surface area contributed by atoms with Crippen molar-refractivity contribution in [3.63, 3.8) is 0 Å². The second kappa shape index (κ2) is 14.7. The van der Waals surface area contributed by atoms with Gasteiger partial charge < -0.3 is 9.13 Å². The Hall–Kier alpha value is -8.95. The summed E-state index contributed by atoms with van der Waals surface area (Å²) in [6, 6.07) is 75.1. The van der Waals surface area contributed by atoms with Crippen molar-refractivity contribution in [3.8, 4) is 74.1 Å². The molecule has 62 heavy (non-hydrogen) atoms. The van der Waals surface area contributed by atoms with Gasteiger partial charge in [0.05, 0.1) is 44.8 Å². The second-order valence-electron chi connectivity index (χ2n) is 15.4. The van der Waals surface area contributed by atoms with Crippen LogP contribution >= 0.6 is 0 Å². The normalized spacial score (nSPS) is 11.2. The topological polar surface area (TPSA) is 81.2 Å². The molecule has 286 valence electrons. The van der Waals surface area contributed by atoms with Crippen molar-refractivity contribution >= 4 is 43.6 Å². The smallest absolute Gasteiger partial charge is 0.100 e. The van der Waals surface area contributed by atoms with Gasteiger partial charge in [-0.15, -0.1) is 0 Å². The van der Waals surface area contributed by atoms with Crippen LogP contribution in [0.2, 0.25) is 0 Å². The van der Waals surface area contributed by atoms with E-state index in [1.54, 1.807) is 0 Å². The molecule has 0 N–H and O–H groups in total. The number of nitrogens with zero attached hydrogens (tertiary/aromatic N) is 5. The molecule has 0 unspecified atom stereocenters. The van der Waals surface area contributed by atoms with Crippen LogP contribution in [-0.2, 0) is 0 Å². The number of benzene rings is 9.